The predicted octanol–water partition coefficient (Wildman–Crippen LogP) is 1.78. The molecule has 0 spiro atoms. The predicted molar refractivity (Wildman–Crippen MR) is 79.2 cm³/mol. The number of rotatable bonds is 6. The molecule has 0 bridgehead atoms. The summed E-state index contributed by atoms with van der Waals surface area (Å²) >= 11 is 5.79. The highest BCUT2D eigenvalue weighted by Gasteiger charge is 2.27. The zero-order valence-corrected chi connectivity index (χ0v) is 12.5. The molecule has 112 valence electrons. The number of β-amino-alcohol motifs (C(OH)–C–C–N with tert-alkyl or cyclic N) is 1. The van der Waals surface area contributed by atoms with Gasteiger partial charge in [0.05, 0.1) is 6.10 Å². The number of halogens is 1. The van der Waals surface area contributed by atoms with Crippen LogP contribution in [0.4, 0.5) is 0 Å². The van der Waals surface area contributed by atoms with Crippen molar-refractivity contribution in [3.8, 4) is 5.75 Å². The van der Waals surface area contributed by atoms with Gasteiger partial charge in [0.1, 0.15) is 18.5 Å². The van der Waals surface area contributed by atoms with Crippen LogP contribution in [0.3, 0.4) is 0 Å². The molecule has 1 fully saturated rings. The Morgan fingerprint density at radius 3 is 2.65 bits per heavy atom. The van der Waals surface area contributed by atoms with Gasteiger partial charge in [-0.15, -0.1) is 0 Å². The first-order valence-corrected chi connectivity index (χ1v) is 7.39. The third-order valence-electron chi connectivity index (χ3n) is 3.72. The molecular weight excluding hydrogens is 278 g/mol. The van der Waals surface area contributed by atoms with E-state index in [0.29, 0.717) is 23.2 Å². The Labute approximate surface area is 124 Å². The monoisotopic (exact) mass is 299 g/mol. The highest BCUT2D eigenvalue weighted by Crippen LogP contribution is 2.20. The summed E-state index contributed by atoms with van der Waals surface area (Å²) in [6.07, 6.45) is 0.184. The molecule has 3 unspecified atom stereocenters. The molecule has 3 atom stereocenters. The number of hydrogen-bond acceptors (Lipinski definition) is 4. The molecule has 1 saturated heterocycles. The molecular formula is C15H22ClNO3. The van der Waals surface area contributed by atoms with Crippen LogP contribution in [0.25, 0.3) is 0 Å². The number of likely N-dealkylation sites (tertiary alicyclic amines) is 1. The average molecular weight is 300 g/mol. The van der Waals surface area contributed by atoms with Crippen LogP contribution in [-0.2, 0) is 0 Å². The third kappa shape index (κ3) is 4.63. The molecule has 5 heteroatoms. The normalized spacial score (nSPS) is 22.7. The van der Waals surface area contributed by atoms with Crippen LogP contribution in [0.2, 0.25) is 5.02 Å². The fourth-order valence-electron chi connectivity index (χ4n) is 2.50. The Hall–Kier alpha value is -0.810. The van der Waals surface area contributed by atoms with Gasteiger partial charge < -0.3 is 19.8 Å². The van der Waals surface area contributed by atoms with Crippen LogP contribution in [0.5, 0.6) is 5.75 Å². The van der Waals surface area contributed by atoms with Crippen molar-refractivity contribution >= 4 is 11.6 Å². The summed E-state index contributed by atoms with van der Waals surface area (Å²) in [6, 6.07) is 7.09. The fraction of sp³-hybridized carbons (Fsp3) is 0.600. The first-order valence-electron chi connectivity index (χ1n) is 7.01. The SMILES string of the molecule is CC(O)C1CCN(CC(O)COc2ccc(Cl)cc2)C1. The maximum absolute atomic E-state index is 10.00. The number of ether oxygens (including phenoxy) is 1. The molecule has 20 heavy (non-hydrogen) atoms. The zero-order chi connectivity index (χ0) is 14.5. The van der Waals surface area contributed by atoms with Crippen molar-refractivity contribution in [3.63, 3.8) is 0 Å². The highest BCUT2D eigenvalue weighted by atomic mass is 35.5. The molecule has 4 nitrogen and oxygen atoms in total. The van der Waals surface area contributed by atoms with Gasteiger partial charge in [0.2, 0.25) is 0 Å². The molecule has 0 aliphatic carbocycles. The molecule has 1 aliphatic heterocycles. The van der Waals surface area contributed by atoms with Crippen molar-refractivity contribution < 1.29 is 14.9 Å². The second-order valence-electron chi connectivity index (χ2n) is 5.47. The van der Waals surface area contributed by atoms with E-state index in [9.17, 15) is 10.2 Å². The maximum Gasteiger partial charge on any atom is 0.119 e. The van der Waals surface area contributed by atoms with Crippen molar-refractivity contribution in [3.05, 3.63) is 29.3 Å². The van der Waals surface area contributed by atoms with Crippen LogP contribution in [0.15, 0.2) is 24.3 Å². The van der Waals surface area contributed by atoms with Crippen LogP contribution >= 0.6 is 11.6 Å². The summed E-state index contributed by atoms with van der Waals surface area (Å²) in [5.41, 5.74) is 0. The minimum absolute atomic E-state index is 0.261. The quantitative estimate of drug-likeness (QED) is 0.841. The highest BCUT2D eigenvalue weighted by molar-refractivity contribution is 6.30. The molecule has 1 aliphatic rings. The molecule has 1 aromatic rings. The number of aliphatic hydroxyl groups excluding tert-OH is 2. The maximum atomic E-state index is 10.00. The van der Waals surface area contributed by atoms with Crippen LogP contribution in [0.1, 0.15) is 13.3 Å². The van der Waals surface area contributed by atoms with Gasteiger partial charge in [-0.2, -0.15) is 0 Å². The molecule has 0 amide bonds. The lowest BCUT2D eigenvalue weighted by atomic mass is 10.0. The van der Waals surface area contributed by atoms with Gasteiger partial charge in [0, 0.05) is 18.1 Å². The lowest BCUT2D eigenvalue weighted by molar-refractivity contribution is 0.0696. The first-order chi connectivity index (χ1) is 9.54. The van der Waals surface area contributed by atoms with Crippen molar-refractivity contribution in [1.82, 2.24) is 4.90 Å². The number of hydrogen-bond donors (Lipinski definition) is 2. The second-order valence-corrected chi connectivity index (χ2v) is 5.90. The standard InChI is InChI=1S/C15H22ClNO3/c1-11(18)12-6-7-17(8-12)9-14(19)10-20-15-4-2-13(16)3-5-15/h2-5,11-12,14,18-19H,6-10H2,1H3. The largest absolute Gasteiger partial charge is 0.491 e. The van der Waals surface area contributed by atoms with E-state index in [1.54, 1.807) is 24.3 Å². The van der Waals surface area contributed by atoms with Crippen LogP contribution < -0.4 is 4.74 Å². The molecule has 0 aromatic heterocycles. The zero-order valence-electron chi connectivity index (χ0n) is 11.7. The van der Waals surface area contributed by atoms with E-state index in [2.05, 4.69) is 4.90 Å². The van der Waals surface area contributed by atoms with E-state index in [4.69, 9.17) is 16.3 Å². The summed E-state index contributed by atoms with van der Waals surface area (Å²) in [5.74, 6) is 1.02. The fourth-order valence-corrected chi connectivity index (χ4v) is 2.62. The van der Waals surface area contributed by atoms with Gasteiger partial charge in [-0.05, 0) is 50.1 Å². The van der Waals surface area contributed by atoms with E-state index >= 15 is 0 Å². The summed E-state index contributed by atoms with van der Waals surface area (Å²) in [4.78, 5) is 2.17. The third-order valence-corrected chi connectivity index (χ3v) is 3.97. The van der Waals surface area contributed by atoms with Gasteiger partial charge in [0.25, 0.3) is 0 Å². The Kier molecular flexibility index (Phi) is 5.66. The number of nitrogens with zero attached hydrogens (tertiary/aromatic N) is 1. The summed E-state index contributed by atoms with van der Waals surface area (Å²) in [7, 11) is 0. The topological polar surface area (TPSA) is 52.9 Å². The van der Waals surface area contributed by atoms with Gasteiger partial charge in [-0.1, -0.05) is 11.6 Å². The first kappa shape index (κ1) is 15.6. The Morgan fingerprint density at radius 1 is 1.35 bits per heavy atom. The number of aliphatic hydroxyl groups is 2. The Morgan fingerprint density at radius 2 is 2.05 bits per heavy atom. The van der Waals surface area contributed by atoms with E-state index in [-0.39, 0.29) is 12.7 Å². The van der Waals surface area contributed by atoms with Gasteiger partial charge in [0.15, 0.2) is 0 Å². The molecule has 0 radical (unpaired) electrons. The lowest BCUT2D eigenvalue weighted by Gasteiger charge is -2.21. The van der Waals surface area contributed by atoms with Gasteiger partial charge in [-0.25, -0.2) is 0 Å². The minimum Gasteiger partial charge on any atom is -0.491 e. The van der Waals surface area contributed by atoms with Gasteiger partial charge in [-0.3, -0.25) is 0 Å². The van der Waals surface area contributed by atoms with Crippen molar-refractivity contribution in [2.75, 3.05) is 26.2 Å². The Bertz CT molecular complexity index is 410. The van der Waals surface area contributed by atoms with Crippen LogP contribution in [-0.4, -0.2) is 53.6 Å². The molecule has 1 aromatic carbocycles. The molecule has 1 heterocycles. The molecule has 0 saturated carbocycles. The molecule has 2 rings (SSSR count). The smallest absolute Gasteiger partial charge is 0.119 e. The van der Waals surface area contributed by atoms with Crippen molar-refractivity contribution in [2.45, 2.75) is 25.6 Å². The van der Waals surface area contributed by atoms with E-state index < -0.39 is 6.10 Å². The van der Waals surface area contributed by atoms with E-state index in [1.165, 1.54) is 0 Å². The minimum atomic E-state index is -0.529. The summed E-state index contributed by atoms with van der Waals surface area (Å²) in [5, 5.41) is 20.2. The van der Waals surface area contributed by atoms with Crippen molar-refractivity contribution in [1.29, 1.82) is 0 Å². The van der Waals surface area contributed by atoms with E-state index in [1.807, 2.05) is 6.92 Å². The van der Waals surface area contributed by atoms with E-state index in [0.717, 1.165) is 19.5 Å². The number of benzene rings is 1. The average Bonchev–Trinajstić information content (AvgIpc) is 2.87. The van der Waals surface area contributed by atoms with Crippen LogP contribution in [0, 0.1) is 5.92 Å². The summed E-state index contributed by atoms with van der Waals surface area (Å²) < 4.78 is 5.52. The lowest BCUT2D eigenvalue weighted by Crippen LogP contribution is -2.35. The second kappa shape index (κ2) is 7.27. The van der Waals surface area contributed by atoms with Crippen molar-refractivity contribution in [2.24, 2.45) is 5.92 Å². The summed E-state index contributed by atoms with van der Waals surface area (Å²) in [6.45, 7) is 4.44. The Balaban J connectivity index is 1.70. The van der Waals surface area contributed by atoms with Gasteiger partial charge >= 0.3 is 0 Å². The molecule has 2 N–H and O–H groups in total.